The maximum absolute atomic E-state index is 13.2. The highest BCUT2D eigenvalue weighted by molar-refractivity contribution is 14.0. The molecule has 1 fully saturated rings. The highest BCUT2D eigenvalue weighted by Crippen LogP contribution is 2.19. The van der Waals surface area contributed by atoms with Gasteiger partial charge in [0.25, 0.3) is 0 Å². The molecule has 0 spiro atoms. The molecular formula is C24H33IN4O3. The van der Waals surface area contributed by atoms with Gasteiger partial charge in [0.05, 0.1) is 25.7 Å². The van der Waals surface area contributed by atoms with Crippen LogP contribution in [0.25, 0.3) is 0 Å². The molecule has 174 valence electrons. The Morgan fingerprint density at radius 1 is 1.09 bits per heavy atom. The van der Waals surface area contributed by atoms with Gasteiger partial charge in [0.1, 0.15) is 12.4 Å². The normalized spacial score (nSPS) is 14.8. The number of carbonyl (C=O) groups excluding carboxylic acids is 1. The second kappa shape index (κ2) is 13.9. The standard InChI is InChI=1S/C24H32N4O3.HI/c1-19-8-10-21(11-9-19)31-15-12-26-24(25-2)27-18-22(20-6-4-3-5-7-20)23(29)28-13-16-30-17-14-28;/h3-11,22H,12-18H2,1-2H3,(H2,25,26,27);1H. The lowest BCUT2D eigenvalue weighted by Gasteiger charge is -2.31. The first kappa shape index (κ1) is 25.9. The molecule has 7 nitrogen and oxygen atoms in total. The van der Waals surface area contributed by atoms with Crippen molar-refractivity contribution in [1.29, 1.82) is 0 Å². The van der Waals surface area contributed by atoms with Gasteiger partial charge in [-0.1, -0.05) is 48.0 Å². The van der Waals surface area contributed by atoms with E-state index in [0.29, 0.717) is 52.0 Å². The zero-order chi connectivity index (χ0) is 21.9. The first-order valence-electron chi connectivity index (χ1n) is 10.7. The van der Waals surface area contributed by atoms with Crippen LogP contribution in [0.5, 0.6) is 5.75 Å². The Morgan fingerprint density at radius 2 is 1.78 bits per heavy atom. The monoisotopic (exact) mass is 552 g/mol. The smallest absolute Gasteiger partial charge is 0.232 e. The summed E-state index contributed by atoms with van der Waals surface area (Å²) in [5.41, 5.74) is 2.19. The Labute approximate surface area is 207 Å². The summed E-state index contributed by atoms with van der Waals surface area (Å²) in [6.45, 7) is 6.05. The lowest BCUT2D eigenvalue weighted by Crippen LogP contribution is -2.47. The SMILES string of the molecule is CN=C(NCCOc1ccc(C)cc1)NCC(C(=O)N1CCOCC1)c1ccccc1.I. The van der Waals surface area contributed by atoms with E-state index in [-0.39, 0.29) is 35.8 Å². The minimum atomic E-state index is -0.290. The summed E-state index contributed by atoms with van der Waals surface area (Å²) in [7, 11) is 1.72. The Kier molecular flexibility index (Phi) is 11.3. The molecule has 2 N–H and O–H groups in total. The van der Waals surface area contributed by atoms with Crippen LogP contribution in [0.15, 0.2) is 59.6 Å². The highest BCUT2D eigenvalue weighted by atomic mass is 127. The highest BCUT2D eigenvalue weighted by Gasteiger charge is 2.27. The molecule has 1 aliphatic heterocycles. The van der Waals surface area contributed by atoms with Crippen molar-refractivity contribution in [3.8, 4) is 5.75 Å². The molecule has 0 aliphatic carbocycles. The number of aliphatic imine (C=N–C) groups is 1. The summed E-state index contributed by atoms with van der Waals surface area (Å²) in [4.78, 5) is 19.3. The Morgan fingerprint density at radius 3 is 2.44 bits per heavy atom. The molecule has 0 radical (unpaired) electrons. The van der Waals surface area contributed by atoms with Crippen LogP contribution < -0.4 is 15.4 Å². The summed E-state index contributed by atoms with van der Waals surface area (Å²) in [6.07, 6.45) is 0. The first-order valence-corrected chi connectivity index (χ1v) is 10.7. The number of aryl methyl sites for hydroxylation is 1. The van der Waals surface area contributed by atoms with Crippen LogP contribution in [0.2, 0.25) is 0 Å². The number of ether oxygens (including phenoxy) is 2. The summed E-state index contributed by atoms with van der Waals surface area (Å²) in [5, 5.41) is 6.54. The number of morpholine rings is 1. The van der Waals surface area contributed by atoms with Crippen LogP contribution in [-0.2, 0) is 9.53 Å². The molecule has 3 rings (SSSR count). The van der Waals surface area contributed by atoms with Gasteiger partial charge in [0.15, 0.2) is 5.96 Å². The summed E-state index contributed by atoms with van der Waals surface area (Å²) < 4.78 is 11.1. The molecule has 2 aromatic carbocycles. The van der Waals surface area contributed by atoms with Crippen LogP contribution in [0.1, 0.15) is 17.0 Å². The fourth-order valence-corrected chi connectivity index (χ4v) is 3.43. The quantitative estimate of drug-likeness (QED) is 0.228. The molecule has 32 heavy (non-hydrogen) atoms. The minimum absolute atomic E-state index is 0. The van der Waals surface area contributed by atoms with E-state index in [0.717, 1.165) is 11.3 Å². The average Bonchev–Trinajstić information content (AvgIpc) is 2.82. The maximum Gasteiger partial charge on any atom is 0.232 e. The van der Waals surface area contributed by atoms with Gasteiger partial charge in [-0.3, -0.25) is 9.79 Å². The van der Waals surface area contributed by atoms with E-state index >= 15 is 0 Å². The molecule has 1 amide bonds. The third-order valence-electron chi connectivity index (χ3n) is 5.20. The summed E-state index contributed by atoms with van der Waals surface area (Å²) in [6, 6.07) is 17.9. The zero-order valence-corrected chi connectivity index (χ0v) is 21.1. The third-order valence-corrected chi connectivity index (χ3v) is 5.20. The van der Waals surface area contributed by atoms with Crippen molar-refractivity contribution >= 4 is 35.8 Å². The van der Waals surface area contributed by atoms with Gasteiger partial charge >= 0.3 is 0 Å². The maximum atomic E-state index is 13.2. The van der Waals surface area contributed by atoms with Crippen molar-refractivity contribution in [3.05, 3.63) is 65.7 Å². The largest absolute Gasteiger partial charge is 0.492 e. The second-order valence-electron chi connectivity index (χ2n) is 7.44. The average molecular weight is 552 g/mol. The minimum Gasteiger partial charge on any atom is -0.492 e. The lowest BCUT2D eigenvalue weighted by atomic mass is 9.97. The molecule has 1 atom stereocenters. The molecule has 0 saturated carbocycles. The van der Waals surface area contributed by atoms with Crippen LogP contribution in [0.4, 0.5) is 0 Å². The number of guanidine groups is 1. The van der Waals surface area contributed by atoms with Crippen molar-refractivity contribution in [2.45, 2.75) is 12.8 Å². The predicted molar refractivity (Wildman–Crippen MR) is 138 cm³/mol. The number of carbonyl (C=O) groups is 1. The number of hydrogen-bond acceptors (Lipinski definition) is 4. The molecule has 1 saturated heterocycles. The Hall–Kier alpha value is -2.33. The van der Waals surface area contributed by atoms with Crippen LogP contribution in [0.3, 0.4) is 0 Å². The Bertz CT molecular complexity index is 840. The number of nitrogens with one attached hydrogen (secondary N) is 2. The Balaban J connectivity index is 0.00000363. The van der Waals surface area contributed by atoms with Crippen LogP contribution in [0, 0.1) is 6.92 Å². The lowest BCUT2D eigenvalue weighted by molar-refractivity contribution is -0.136. The fourth-order valence-electron chi connectivity index (χ4n) is 3.43. The van der Waals surface area contributed by atoms with Crippen molar-refractivity contribution < 1.29 is 14.3 Å². The van der Waals surface area contributed by atoms with Gasteiger partial charge < -0.3 is 25.0 Å². The predicted octanol–water partition coefficient (Wildman–Crippen LogP) is 2.80. The van der Waals surface area contributed by atoms with Crippen LogP contribution in [-0.4, -0.2) is 69.8 Å². The van der Waals surface area contributed by atoms with E-state index in [1.165, 1.54) is 5.56 Å². The van der Waals surface area contributed by atoms with Gasteiger partial charge in [0, 0.05) is 26.7 Å². The van der Waals surface area contributed by atoms with E-state index in [4.69, 9.17) is 9.47 Å². The van der Waals surface area contributed by atoms with Crippen molar-refractivity contribution in [2.24, 2.45) is 4.99 Å². The molecular weight excluding hydrogens is 519 g/mol. The van der Waals surface area contributed by atoms with Crippen LogP contribution >= 0.6 is 24.0 Å². The number of nitrogens with zero attached hydrogens (tertiary/aromatic N) is 2. The summed E-state index contributed by atoms with van der Waals surface area (Å²) in [5.74, 6) is 1.31. The number of halogens is 1. The van der Waals surface area contributed by atoms with E-state index in [2.05, 4.69) is 15.6 Å². The van der Waals surface area contributed by atoms with Crippen molar-refractivity contribution in [2.75, 3.05) is 53.0 Å². The topological polar surface area (TPSA) is 75.2 Å². The van der Waals surface area contributed by atoms with Gasteiger partial charge in [-0.25, -0.2) is 0 Å². The van der Waals surface area contributed by atoms with Crippen molar-refractivity contribution in [3.63, 3.8) is 0 Å². The molecule has 1 heterocycles. The van der Waals surface area contributed by atoms with E-state index in [1.807, 2.05) is 66.4 Å². The first-order chi connectivity index (χ1) is 15.2. The van der Waals surface area contributed by atoms with Crippen molar-refractivity contribution in [1.82, 2.24) is 15.5 Å². The van der Waals surface area contributed by atoms with Gasteiger partial charge in [-0.15, -0.1) is 24.0 Å². The van der Waals surface area contributed by atoms with E-state index < -0.39 is 0 Å². The molecule has 0 bridgehead atoms. The van der Waals surface area contributed by atoms with Gasteiger partial charge in [0.2, 0.25) is 5.91 Å². The summed E-state index contributed by atoms with van der Waals surface area (Å²) >= 11 is 0. The molecule has 2 aromatic rings. The fraction of sp³-hybridized carbons (Fsp3) is 0.417. The molecule has 8 heteroatoms. The molecule has 0 aromatic heterocycles. The van der Waals surface area contributed by atoms with Gasteiger partial charge in [-0.05, 0) is 24.6 Å². The number of rotatable bonds is 8. The third kappa shape index (κ3) is 7.98. The number of amides is 1. The molecule has 1 aliphatic rings. The second-order valence-corrected chi connectivity index (χ2v) is 7.44. The number of benzene rings is 2. The van der Waals surface area contributed by atoms with Gasteiger partial charge in [-0.2, -0.15) is 0 Å². The van der Waals surface area contributed by atoms with E-state index in [1.54, 1.807) is 7.05 Å². The number of hydrogen-bond donors (Lipinski definition) is 2. The van der Waals surface area contributed by atoms with E-state index in [9.17, 15) is 4.79 Å². The zero-order valence-electron chi connectivity index (χ0n) is 18.8. The molecule has 1 unspecified atom stereocenters.